The van der Waals surface area contributed by atoms with Crippen LogP contribution in [0, 0.1) is 5.82 Å². The highest BCUT2D eigenvalue weighted by atomic mass is 79.9. The average molecular weight is 379 g/mol. The largest absolute Gasteiger partial charge is 0.399 e. The molecule has 0 amide bonds. The molecule has 7 heteroatoms. The maximum absolute atomic E-state index is 13.3. The number of sulfone groups is 1. The molecule has 2 aromatic carbocycles. The van der Waals surface area contributed by atoms with E-state index in [1.807, 2.05) is 0 Å². The molecule has 3 nitrogen and oxygen atoms in total. The number of rotatable bonds is 3. The van der Waals surface area contributed by atoms with Crippen LogP contribution in [0.5, 0.6) is 0 Å². The molecular weight excluding hydrogens is 369 g/mol. The lowest BCUT2D eigenvalue weighted by atomic mass is 10.2. The van der Waals surface area contributed by atoms with Crippen LogP contribution in [0.4, 0.5) is 10.1 Å². The number of nitrogens with two attached hydrogens (primary N) is 1. The summed E-state index contributed by atoms with van der Waals surface area (Å²) in [5.41, 5.74) is 6.20. The summed E-state index contributed by atoms with van der Waals surface area (Å²) in [5.74, 6) is -0.866. The molecule has 0 bridgehead atoms. The Labute approximate surface area is 129 Å². The molecule has 0 fully saturated rings. The van der Waals surface area contributed by atoms with Gasteiger partial charge in [0.25, 0.3) is 0 Å². The van der Waals surface area contributed by atoms with E-state index < -0.39 is 15.7 Å². The zero-order valence-electron chi connectivity index (χ0n) is 10.1. The molecule has 0 saturated carbocycles. The van der Waals surface area contributed by atoms with Crippen molar-refractivity contribution in [2.75, 3.05) is 5.73 Å². The Balaban J connectivity index is 2.43. The fraction of sp³-hybridized carbons (Fsp3) is 0.0769. The lowest BCUT2D eigenvalue weighted by Crippen LogP contribution is -2.06. The van der Waals surface area contributed by atoms with E-state index in [-0.39, 0.29) is 15.7 Å². The maximum Gasteiger partial charge on any atom is 0.184 e. The molecule has 0 aliphatic carbocycles. The van der Waals surface area contributed by atoms with Crippen molar-refractivity contribution in [3.05, 3.63) is 57.3 Å². The summed E-state index contributed by atoms with van der Waals surface area (Å²) in [6.45, 7) is 0. The molecule has 0 aromatic heterocycles. The van der Waals surface area contributed by atoms with E-state index in [1.54, 1.807) is 6.07 Å². The fourth-order valence-electron chi connectivity index (χ4n) is 1.75. The lowest BCUT2D eigenvalue weighted by molar-refractivity contribution is 0.594. The molecule has 0 aliphatic heterocycles. The van der Waals surface area contributed by atoms with Gasteiger partial charge in [-0.2, -0.15) is 0 Å². The van der Waals surface area contributed by atoms with Gasteiger partial charge in [0.15, 0.2) is 9.84 Å². The van der Waals surface area contributed by atoms with Crippen molar-refractivity contribution in [2.24, 2.45) is 0 Å². The van der Waals surface area contributed by atoms with E-state index in [4.69, 9.17) is 17.3 Å². The van der Waals surface area contributed by atoms with Crippen molar-refractivity contribution in [3.63, 3.8) is 0 Å². The van der Waals surface area contributed by atoms with Gasteiger partial charge in [-0.25, -0.2) is 12.8 Å². The van der Waals surface area contributed by atoms with Crippen molar-refractivity contribution < 1.29 is 12.8 Å². The smallest absolute Gasteiger partial charge is 0.184 e. The maximum atomic E-state index is 13.3. The van der Waals surface area contributed by atoms with Crippen LogP contribution >= 0.6 is 27.5 Å². The Hall–Kier alpha value is -1.11. The van der Waals surface area contributed by atoms with Crippen molar-refractivity contribution in [2.45, 2.75) is 10.6 Å². The summed E-state index contributed by atoms with van der Waals surface area (Å²) in [6, 6.07) is 8.20. The third-order valence-electron chi connectivity index (χ3n) is 2.57. The normalized spacial score (nSPS) is 11.6. The van der Waals surface area contributed by atoms with Gasteiger partial charge in [-0.15, -0.1) is 0 Å². The monoisotopic (exact) mass is 377 g/mol. The standard InChI is InChI=1S/C13H10BrClFNO2S/c14-9-3-8(4-10(16)5-9)7-20(18,19)13-6-11(17)1-2-12(13)15/h1-6H,7,17H2. The zero-order valence-corrected chi connectivity index (χ0v) is 13.3. The summed E-state index contributed by atoms with van der Waals surface area (Å²) in [6.07, 6.45) is 0. The highest BCUT2D eigenvalue weighted by Gasteiger charge is 2.19. The van der Waals surface area contributed by atoms with Gasteiger partial charge in [-0.05, 0) is 42.0 Å². The van der Waals surface area contributed by atoms with Gasteiger partial charge < -0.3 is 5.73 Å². The summed E-state index contributed by atoms with van der Waals surface area (Å²) in [5, 5.41) is 0.0923. The van der Waals surface area contributed by atoms with Crippen molar-refractivity contribution in [1.82, 2.24) is 0 Å². The molecule has 0 aliphatic rings. The molecule has 2 rings (SSSR count). The Morgan fingerprint density at radius 3 is 2.55 bits per heavy atom. The Morgan fingerprint density at radius 1 is 1.20 bits per heavy atom. The van der Waals surface area contributed by atoms with Crippen LogP contribution < -0.4 is 5.73 Å². The third-order valence-corrected chi connectivity index (χ3v) is 5.19. The quantitative estimate of drug-likeness (QED) is 0.827. The molecule has 2 aromatic rings. The first-order chi connectivity index (χ1) is 9.28. The number of nitrogen functional groups attached to an aromatic ring is 1. The second-order valence-corrected chi connectivity index (χ2v) is 7.51. The van der Waals surface area contributed by atoms with Crippen LogP contribution in [-0.4, -0.2) is 8.42 Å². The van der Waals surface area contributed by atoms with Gasteiger partial charge in [-0.3, -0.25) is 0 Å². The lowest BCUT2D eigenvalue weighted by Gasteiger charge is -2.08. The first-order valence-electron chi connectivity index (χ1n) is 5.51. The SMILES string of the molecule is Nc1ccc(Cl)c(S(=O)(=O)Cc2cc(F)cc(Br)c2)c1. The molecular formula is C13H10BrClFNO2S. The number of halogens is 3. The van der Waals surface area contributed by atoms with E-state index in [0.717, 1.165) is 0 Å². The highest BCUT2D eigenvalue weighted by molar-refractivity contribution is 9.10. The second kappa shape index (κ2) is 5.71. The van der Waals surface area contributed by atoms with E-state index in [0.29, 0.717) is 15.7 Å². The number of hydrogen-bond acceptors (Lipinski definition) is 3. The fourth-order valence-corrected chi connectivity index (χ4v) is 4.17. The molecule has 0 saturated heterocycles. The van der Waals surface area contributed by atoms with Crippen LogP contribution in [0.1, 0.15) is 5.56 Å². The van der Waals surface area contributed by atoms with Crippen LogP contribution in [-0.2, 0) is 15.6 Å². The van der Waals surface area contributed by atoms with E-state index in [1.165, 1.54) is 30.3 Å². The second-order valence-electron chi connectivity index (χ2n) is 4.23. The van der Waals surface area contributed by atoms with Gasteiger partial charge in [0.1, 0.15) is 5.82 Å². The Morgan fingerprint density at radius 2 is 1.90 bits per heavy atom. The molecule has 0 atom stereocenters. The minimum atomic E-state index is -3.70. The van der Waals surface area contributed by atoms with Gasteiger partial charge in [0.05, 0.1) is 15.7 Å². The molecule has 106 valence electrons. The minimum Gasteiger partial charge on any atom is -0.399 e. The molecule has 0 unspecified atom stereocenters. The summed E-state index contributed by atoms with van der Waals surface area (Å²) < 4.78 is 38.4. The van der Waals surface area contributed by atoms with E-state index in [2.05, 4.69) is 15.9 Å². The van der Waals surface area contributed by atoms with Crippen molar-refractivity contribution in [3.8, 4) is 0 Å². The first-order valence-corrected chi connectivity index (χ1v) is 8.33. The van der Waals surface area contributed by atoms with Crippen molar-refractivity contribution in [1.29, 1.82) is 0 Å². The first kappa shape index (κ1) is 15.3. The average Bonchev–Trinajstić information content (AvgIpc) is 2.30. The van der Waals surface area contributed by atoms with E-state index in [9.17, 15) is 12.8 Å². The topological polar surface area (TPSA) is 60.2 Å². The van der Waals surface area contributed by atoms with E-state index >= 15 is 0 Å². The molecule has 2 N–H and O–H groups in total. The number of benzene rings is 2. The van der Waals surface area contributed by atoms with Gasteiger partial charge >= 0.3 is 0 Å². The molecule has 0 radical (unpaired) electrons. The number of hydrogen-bond donors (Lipinski definition) is 1. The van der Waals surface area contributed by atoms with Crippen LogP contribution in [0.25, 0.3) is 0 Å². The predicted molar refractivity (Wildman–Crippen MR) is 80.9 cm³/mol. The minimum absolute atomic E-state index is 0.0560. The summed E-state index contributed by atoms with van der Waals surface area (Å²) >= 11 is 9.01. The van der Waals surface area contributed by atoms with Gasteiger partial charge in [0, 0.05) is 10.2 Å². The predicted octanol–water partition coefficient (Wildman–Crippen LogP) is 3.80. The third kappa shape index (κ3) is 3.50. The summed E-state index contributed by atoms with van der Waals surface area (Å²) in [7, 11) is -3.70. The highest BCUT2D eigenvalue weighted by Crippen LogP contribution is 2.27. The van der Waals surface area contributed by atoms with Crippen molar-refractivity contribution >= 4 is 43.1 Å². The van der Waals surface area contributed by atoms with Gasteiger partial charge in [-0.1, -0.05) is 27.5 Å². The summed E-state index contributed by atoms with van der Waals surface area (Å²) in [4.78, 5) is -0.0560. The molecule has 20 heavy (non-hydrogen) atoms. The van der Waals surface area contributed by atoms with Crippen LogP contribution in [0.15, 0.2) is 45.8 Å². The molecule has 0 spiro atoms. The Bertz CT molecular complexity index is 745. The van der Waals surface area contributed by atoms with Crippen LogP contribution in [0.2, 0.25) is 5.02 Å². The molecule has 0 heterocycles. The van der Waals surface area contributed by atoms with Gasteiger partial charge in [0.2, 0.25) is 0 Å². The number of anilines is 1. The zero-order chi connectivity index (χ0) is 14.9. The van der Waals surface area contributed by atoms with Crippen LogP contribution in [0.3, 0.4) is 0 Å². The Kier molecular flexibility index (Phi) is 4.36.